The first-order valence-corrected chi connectivity index (χ1v) is 12.4. The van der Waals surface area contributed by atoms with Gasteiger partial charge in [0.2, 0.25) is 0 Å². The molecule has 0 saturated carbocycles. The molecule has 0 bridgehead atoms. The van der Waals surface area contributed by atoms with Crippen LogP contribution in [0.3, 0.4) is 0 Å². The minimum atomic E-state index is -1.78. The molecule has 3 aromatic rings. The second-order valence-corrected chi connectivity index (χ2v) is 11.8. The molecule has 2 aliphatic heterocycles. The van der Waals surface area contributed by atoms with Crippen LogP contribution in [0.1, 0.15) is 25.0 Å². The van der Waals surface area contributed by atoms with Gasteiger partial charge in [-0.05, 0) is 48.3 Å². The maximum absolute atomic E-state index is 15.4. The fourth-order valence-corrected chi connectivity index (χ4v) is 8.25. The van der Waals surface area contributed by atoms with E-state index in [1.165, 1.54) is 0 Å². The van der Waals surface area contributed by atoms with Crippen molar-refractivity contribution in [2.75, 3.05) is 0 Å². The monoisotopic (exact) mass is 494 g/mol. The summed E-state index contributed by atoms with van der Waals surface area (Å²) in [7, 11) is 0. The molecule has 0 spiro atoms. The van der Waals surface area contributed by atoms with Crippen molar-refractivity contribution in [2.45, 2.75) is 23.3 Å². The van der Waals surface area contributed by atoms with Crippen molar-refractivity contribution in [3.05, 3.63) is 118 Å². The second-order valence-electron chi connectivity index (χ2n) is 8.85. The van der Waals surface area contributed by atoms with Gasteiger partial charge in [0.25, 0.3) is 0 Å². The van der Waals surface area contributed by atoms with E-state index in [1.807, 2.05) is 86.7 Å². The van der Waals surface area contributed by atoms with E-state index in [1.54, 1.807) is 23.5 Å². The number of halogens is 4. The molecule has 0 saturated heterocycles. The summed E-state index contributed by atoms with van der Waals surface area (Å²) in [4.78, 5) is 1.76. The normalized spacial score (nSPS) is 25.0. The maximum Gasteiger partial charge on any atom is 0.198 e. The molecule has 3 aliphatic rings. The van der Waals surface area contributed by atoms with Crippen molar-refractivity contribution in [1.82, 2.24) is 0 Å². The molecule has 6 heteroatoms. The van der Waals surface area contributed by atoms with Gasteiger partial charge in [-0.1, -0.05) is 60.7 Å². The highest BCUT2D eigenvalue weighted by molar-refractivity contribution is 8.14. The maximum atomic E-state index is 15.4. The van der Waals surface area contributed by atoms with Crippen LogP contribution in [0.2, 0.25) is 0 Å². The summed E-state index contributed by atoms with van der Waals surface area (Å²) in [5.74, 6) is -6.25. The number of fused-ring (bicyclic) bond motifs is 4. The molecule has 0 amide bonds. The van der Waals surface area contributed by atoms with E-state index in [0.29, 0.717) is 11.1 Å². The van der Waals surface area contributed by atoms with Crippen LogP contribution >= 0.6 is 23.5 Å². The SMILES string of the molecule is CC12SC(c3ccccc3)=CC1=c1c(F)c(F)c(F)c(F)c1=C1C=C(c3ccccc3)SC12C. The zero-order valence-corrected chi connectivity index (χ0v) is 19.9. The lowest BCUT2D eigenvalue weighted by Gasteiger charge is -2.45. The third kappa shape index (κ3) is 2.75. The lowest BCUT2D eigenvalue weighted by atomic mass is 9.75. The van der Waals surface area contributed by atoms with Crippen LogP contribution in [0, 0.1) is 23.3 Å². The van der Waals surface area contributed by atoms with Crippen molar-refractivity contribution in [3.8, 4) is 0 Å². The van der Waals surface area contributed by atoms with Crippen LogP contribution in [0.15, 0.2) is 72.8 Å². The fraction of sp³-hybridized carbons (Fsp3) is 0.143. The summed E-state index contributed by atoms with van der Waals surface area (Å²) in [6.07, 6.45) is 3.61. The standard InChI is InChI=1S/C28H18F4S2/c1-27-17(13-19(33-27)15-9-5-3-6-10-15)21-22(24(30)26(32)25(31)23(21)29)18-14-20(34-28(18,27)2)16-11-7-4-8-12-16/h3-14H,1-2H3. The summed E-state index contributed by atoms with van der Waals surface area (Å²) in [6, 6.07) is 19.3. The van der Waals surface area contributed by atoms with Crippen LogP contribution in [0.5, 0.6) is 0 Å². The van der Waals surface area contributed by atoms with Gasteiger partial charge < -0.3 is 0 Å². The average Bonchev–Trinajstić information content (AvgIpc) is 3.41. The van der Waals surface area contributed by atoms with Crippen molar-refractivity contribution in [2.24, 2.45) is 0 Å². The van der Waals surface area contributed by atoms with Crippen LogP contribution in [-0.2, 0) is 0 Å². The third-order valence-corrected chi connectivity index (χ3v) is 10.4. The second kappa shape index (κ2) is 7.40. The number of allylic oxidation sites excluding steroid dienone is 2. The molecule has 6 rings (SSSR count). The van der Waals surface area contributed by atoms with Gasteiger partial charge in [0.05, 0.1) is 9.49 Å². The first kappa shape index (κ1) is 21.8. The first-order chi connectivity index (χ1) is 16.3. The van der Waals surface area contributed by atoms with Crippen molar-refractivity contribution >= 4 is 44.5 Å². The molecule has 1 aliphatic carbocycles. The minimum absolute atomic E-state index is 0.184. The Morgan fingerprint density at radius 3 is 1.24 bits per heavy atom. The molecular weight excluding hydrogens is 476 g/mol. The molecule has 2 atom stereocenters. The van der Waals surface area contributed by atoms with Crippen molar-refractivity contribution in [1.29, 1.82) is 0 Å². The largest absolute Gasteiger partial charge is 0.203 e. The molecule has 34 heavy (non-hydrogen) atoms. The molecule has 0 nitrogen and oxygen atoms in total. The number of hydrogen-bond acceptors (Lipinski definition) is 2. The minimum Gasteiger partial charge on any atom is -0.203 e. The molecule has 0 N–H and O–H groups in total. The Balaban J connectivity index is 1.75. The topological polar surface area (TPSA) is 0 Å². The zero-order valence-electron chi connectivity index (χ0n) is 18.3. The van der Waals surface area contributed by atoms with E-state index in [9.17, 15) is 8.78 Å². The van der Waals surface area contributed by atoms with Gasteiger partial charge in [0.1, 0.15) is 0 Å². The van der Waals surface area contributed by atoms with E-state index in [-0.39, 0.29) is 10.4 Å². The Labute approximate surface area is 202 Å². The van der Waals surface area contributed by atoms with Gasteiger partial charge in [0.15, 0.2) is 23.3 Å². The lowest BCUT2D eigenvalue weighted by molar-refractivity contribution is 0.399. The number of benzene rings is 3. The van der Waals surface area contributed by atoms with E-state index < -0.39 is 32.8 Å². The van der Waals surface area contributed by atoms with Crippen LogP contribution in [0.4, 0.5) is 17.6 Å². The average molecular weight is 495 g/mol. The highest BCUT2D eigenvalue weighted by Crippen LogP contribution is 2.66. The molecule has 0 radical (unpaired) electrons. The van der Waals surface area contributed by atoms with Gasteiger partial charge in [-0.15, -0.1) is 23.5 Å². The van der Waals surface area contributed by atoms with E-state index in [2.05, 4.69) is 0 Å². The molecule has 170 valence electrons. The molecule has 0 aromatic heterocycles. The van der Waals surface area contributed by atoms with Crippen LogP contribution in [-0.4, -0.2) is 9.49 Å². The van der Waals surface area contributed by atoms with Crippen LogP contribution < -0.4 is 10.4 Å². The Hall–Kier alpha value is -2.70. The summed E-state index contributed by atoms with van der Waals surface area (Å²) < 4.78 is 58.3. The predicted octanol–water partition coefficient (Wildman–Crippen LogP) is 6.65. The highest BCUT2D eigenvalue weighted by atomic mass is 32.2. The van der Waals surface area contributed by atoms with Gasteiger partial charge in [-0.25, -0.2) is 17.6 Å². The van der Waals surface area contributed by atoms with E-state index >= 15 is 8.78 Å². The Kier molecular flexibility index (Phi) is 4.74. The molecule has 0 fully saturated rings. The van der Waals surface area contributed by atoms with Crippen molar-refractivity contribution < 1.29 is 17.6 Å². The van der Waals surface area contributed by atoms with E-state index in [4.69, 9.17) is 0 Å². The smallest absolute Gasteiger partial charge is 0.198 e. The molecule has 3 aromatic carbocycles. The number of rotatable bonds is 2. The van der Waals surface area contributed by atoms with E-state index in [0.717, 1.165) is 20.9 Å². The zero-order chi connectivity index (χ0) is 23.8. The summed E-state index contributed by atoms with van der Waals surface area (Å²) in [5.41, 5.74) is 2.82. The van der Waals surface area contributed by atoms with Crippen molar-refractivity contribution in [3.63, 3.8) is 0 Å². The van der Waals surface area contributed by atoms with Gasteiger partial charge in [-0.3, -0.25) is 0 Å². The Morgan fingerprint density at radius 2 is 0.882 bits per heavy atom. The molecule has 2 unspecified atom stereocenters. The number of thioether (sulfide) groups is 2. The fourth-order valence-electron chi connectivity index (χ4n) is 5.10. The summed E-state index contributed by atoms with van der Waals surface area (Å²) >= 11 is 3.11. The van der Waals surface area contributed by atoms with Gasteiger partial charge in [-0.2, -0.15) is 0 Å². The quantitative estimate of drug-likeness (QED) is 0.222. The predicted molar refractivity (Wildman–Crippen MR) is 133 cm³/mol. The van der Waals surface area contributed by atoms with Gasteiger partial charge in [0, 0.05) is 20.2 Å². The Bertz CT molecular complexity index is 1440. The highest BCUT2D eigenvalue weighted by Gasteiger charge is 2.58. The van der Waals surface area contributed by atoms with Crippen LogP contribution in [0.25, 0.3) is 21.0 Å². The third-order valence-electron chi connectivity index (χ3n) is 7.04. The van der Waals surface area contributed by atoms with Gasteiger partial charge >= 0.3 is 0 Å². The lowest BCUT2D eigenvalue weighted by Crippen LogP contribution is -2.55. The molecular formula is C28H18F4S2. The Morgan fingerprint density at radius 1 is 0.529 bits per heavy atom. The number of hydrogen-bond donors (Lipinski definition) is 0. The summed E-state index contributed by atoms with van der Waals surface area (Å²) in [5, 5.41) is -0.369. The molecule has 2 heterocycles. The summed E-state index contributed by atoms with van der Waals surface area (Å²) in [6.45, 7) is 3.96. The first-order valence-electron chi connectivity index (χ1n) is 10.8.